The number of anilines is 2. The Morgan fingerprint density at radius 2 is 2.00 bits per heavy atom. The Hall–Kier alpha value is -2.38. The molecule has 2 aromatic carbocycles. The van der Waals surface area contributed by atoms with Crippen LogP contribution in [0.1, 0.15) is 29.3 Å². The minimum Gasteiger partial charge on any atom is -0.398 e. The summed E-state index contributed by atoms with van der Waals surface area (Å²) in [4.78, 5) is 14.7. The topological polar surface area (TPSA) is 92.5 Å². The van der Waals surface area contributed by atoms with Gasteiger partial charge in [-0.3, -0.25) is 4.79 Å². The molecule has 7 heteroatoms. The van der Waals surface area contributed by atoms with Gasteiger partial charge >= 0.3 is 0 Å². The van der Waals surface area contributed by atoms with E-state index in [2.05, 4.69) is 4.72 Å². The molecule has 1 aliphatic rings. The zero-order chi connectivity index (χ0) is 18.0. The minimum absolute atomic E-state index is 0.0880. The Morgan fingerprint density at radius 3 is 2.76 bits per heavy atom. The molecular weight excluding hydrogens is 338 g/mol. The lowest BCUT2D eigenvalue weighted by atomic mass is 9.99. The smallest absolute Gasteiger partial charge is 0.258 e. The SMILES string of the molecule is CCNS(=O)(=O)c1cccc(C(=O)N2CCCc3c(N)cccc32)c1. The molecule has 25 heavy (non-hydrogen) atoms. The Labute approximate surface area is 147 Å². The summed E-state index contributed by atoms with van der Waals surface area (Å²) >= 11 is 0. The van der Waals surface area contributed by atoms with E-state index in [0.717, 1.165) is 24.1 Å². The van der Waals surface area contributed by atoms with Gasteiger partial charge in [0.2, 0.25) is 10.0 Å². The van der Waals surface area contributed by atoms with Gasteiger partial charge in [0, 0.05) is 30.0 Å². The maximum absolute atomic E-state index is 13.0. The van der Waals surface area contributed by atoms with Gasteiger partial charge < -0.3 is 10.6 Å². The second-order valence-electron chi connectivity index (χ2n) is 5.93. The molecule has 2 aromatic rings. The molecule has 0 saturated carbocycles. The Morgan fingerprint density at radius 1 is 1.24 bits per heavy atom. The van der Waals surface area contributed by atoms with E-state index in [-0.39, 0.29) is 10.8 Å². The first-order chi connectivity index (χ1) is 11.9. The van der Waals surface area contributed by atoms with Gasteiger partial charge in [-0.1, -0.05) is 19.1 Å². The first-order valence-corrected chi connectivity index (χ1v) is 9.71. The number of hydrogen-bond acceptors (Lipinski definition) is 4. The predicted molar refractivity (Wildman–Crippen MR) is 98.2 cm³/mol. The third kappa shape index (κ3) is 3.38. The maximum atomic E-state index is 13.0. The third-order valence-electron chi connectivity index (χ3n) is 4.26. The summed E-state index contributed by atoms with van der Waals surface area (Å²) in [6, 6.07) is 11.7. The van der Waals surface area contributed by atoms with Crippen molar-refractivity contribution < 1.29 is 13.2 Å². The number of nitrogens with one attached hydrogen (secondary N) is 1. The van der Waals surface area contributed by atoms with E-state index in [9.17, 15) is 13.2 Å². The average molecular weight is 359 g/mol. The molecule has 0 bridgehead atoms. The second-order valence-corrected chi connectivity index (χ2v) is 7.70. The lowest BCUT2D eigenvalue weighted by molar-refractivity contribution is 0.0985. The van der Waals surface area contributed by atoms with Gasteiger partial charge in [0.15, 0.2) is 0 Å². The fraction of sp³-hybridized carbons (Fsp3) is 0.278. The predicted octanol–water partition coefficient (Wildman–Crippen LogP) is 2.16. The molecule has 6 nitrogen and oxygen atoms in total. The summed E-state index contributed by atoms with van der Waals surface area (Å²) in [6.07, 6.45) is 1.66. The average Bonchev–Trinajstić information content (AvgIpc) is 2.61. The Kier molecular flexibility index (Phi) is 4.78. The van der Waals surface area contributed by atoms with Crippen LogP contribution in [0, 0.1) is 0 Å². The Balaban J connectivity index is 1.97. The van der Waals surface area contributed by atoms with E-state index in [1.165, 1.54) is 12.1 Å². The van der Waals surface area contributed by atoms with Gasteiger partial charge in [-0.15, -0.1) is 0 Å². The van der Waals surface area contributed by atoms with Gasteiger partial charge in [-0.2, -0.15) is 0 Å². The third-order valence-corrected chi connectivity index (χ3v) is 5.80. The molecule has 132 valence electrons. The first kappa shape index (κ1) is 17.4. The van der Waals surface area contributed by atoms with Crippen LogP contribution in [0.15, 0.2) is 47.4 Å². The number of nitrogens with two attached hydrogens (primary N) is 1. The van der Waals surface area contributed by atoms with Crippen molar-refractivity contribution in [2.24, 2.45) is 0 Å². The summed E-state index contributed by atoms with van der Waals surface area (Å²) in [5.74, 6) is -0.222. The highest BCUT2D eigenvalue weighted by Gasteiger charge is 2.25. The summed E-state index contributed by atoms with van der Waals surface area (Å²) in [5, 5.41) is 0. The van der Waals surface area contributed by atoms with E-state index < -0.39 is 10.0 Å². The number of hydrogen-bond donors (Lipinski definition) is 2. The fourth-order valence-electron chi connectivity index (χ4n) is 3.09. The molecule has 0 fully saturated rings. The van der Waals surface area contributed by atoms with E-state index in [4.69, 9.17) is 5.73 Å². The molecule has 3 rings (SSSR count). The molecule has 1 amide bonds. The lowest BCUT2D eigenvalue weighted by Crippen LogP contribution is -2.36. The van der Waals surface area contributed by atoms with E-state index >= 15 is 0 Å². The standard InChI is InChI=1S/C18H21N3O3S/c1-2-20-25(23,24)14-7-3-6-13(12-14)18(22)21-11-5-8-15-16(19)9-4-10-17(15)21/h3-4,6-7,9-10,12,20H,2,5,8,11,19H2,1H3. The molecule has 0 aromatic heterocycles. The number of sulfonamides is 1. The van der Waals surface area contributed by atoms with Crippen molar-refractivity contribution in [1.82, 2.24) is 4.72 Å². The van der Waals surface area contributed by atoms with Crippen molar-refractivity contribution in [3.63, 3.8) is 0 Å². The zero-order valence-electron chi connectivity index (χ0n) is 14.0. The van der Waals surface area contributed by atoms with E-state index in [1.54, 1.807) is 24.0 Å². The van der Waals surface area contributed by atoms with Crippen LogP contribution in [0.4, 0.5) is 11.4 Å². The minimum atomic E-state index is -3.61. The number of rotatable bonds is 4. The molecule has 0 spiro atoms. The number of benzene rings is 2. The highest BCUT2D eigenvalue weighted by atomic mass is 32.2. The number of amides is 1. The van der Waals surface area contributed by atoms with Gasteiger partial charge in [-0.05, 0) is 48.7 Å². The van der Waals surface area contributed by atoms with Crippen molar-refractivity contribution in [1.29, 1.82) is 0 Å². The van der Waals surface area contributed by atoms with Crippen molar-refractivity contribution in [2.75, 3.05) is 23.7 Å². The van der Waals surface area contributed by atoms with Crippen molar-refractivity contribution in [2.45, 2.75) is 24.7 Å². The van der Waals surface area contributed by atoms with Gasteiger partial charge in [-0.25, -0.2) is 13.1 Å². The molecule has 1 aliphatic heterocycles. The van der Waals surface area contributed by atoms with Gasteiger partial charge in [0.05, 0.1) is 4.90 Å². The molecule has 3 N–H and O–H groups in total. The Bertz CT molecular complexity index is 910. The summed E-state index contributed by atoms with van der Waals surface area (Å²) in [6.45, 7) is 2.58. The number of nitrogen functional groups attached to an aromatic ring is 1. The highest BCUT2D eigenvalue weighted by molar-refractivity contribution is 7.89. The number of nitrogens with zero attached hydrogens (tertiary/aromatic N) is 1. The first-order valence-electron chi connectivity index (χ1n) is 8.23. The van der Waals surface area contributed by atoms with Crippen LogP contribution < -0.4 is 15.4 Å². The van der Waals surface area contributed by atoms with E-state index in [0.29, 0.717) is 24.3 Å². The summed E-state index contributed by atoms with van der Waals surface area (Å²) in [7, 11) is -3.61. The molecular formula is C18H21N3O3S. The number of carbonyl (C=O) groups is 1. The monoisotopic (exact) mass is 359 g/mol. The van der Waals surface area contributed by atoms with Crippen molar-refractivity contribution in [3.8, 4) is 0 Å². The molecule has 1 heterocycles. The van der Waals surface area contributed by atoms with Crippen molar-refractivity contribution in [3.05, 3.63) is 53.6 Å². The molecule has 0 saturated heterocycles. The van der Waals surface area contributed by atoms with Crippen LogP contribution in [0.2, 0.25) is 0 Å². The normalized spacial score (nSPS) is 14.2. The highest BCUT2D eigenvalue weighted by Crippen LogP contribution is 2.32. The second kappa shape index (κ2) is 6.85. The maximum Gasteiger partial charge on any atom is 0.258 e. The zero-order valence-corrected chi connectivity index (χ0v) is 14.8. The molecule has 0 radical (unpaired) electrons. The molecule has 0 aliphatic carbocycles. The van der Waals surface area contributed by atoms with Crippen LogP contribution in [0.3, 0.4) is 0 Å². The van der Waals surface area contributed by atoms with Crippen LogP contribution in [-0.4, -0.2) is 27.4 Å². The number of fused-ring (bicyclic) bond motifs is 1. The van der Waals surface area contributed by atoms with Crippen LogP contribution in [0.25, 0.3) is 0 Å². The molecule has 0 unspecified atom stereocenters. The summed E-state index contributed by atoms with van der Waals surface area (Å²) < 4.78 is 26.8. The quantitative estimate of drug-likeness (QED) is 0.818. The molecule has 0 atom stereocenters. The van der Waals surface area contributed by atoms with Crippen LogP contribution >= 0.6 is 0 Å². The van der Waals surface area contributed by atoms with Crippen LogP contribution in [-0.2, 0) is 16.4 Å². The van der Waals surface area contributed by atoms with Crippen LogP contribution in [0.5, 0.6) is 0 Å². The number of carbonyl (C=O) groups excluding carboxylic acids is 1. The lowest BCUT2D eigenvalue weighted by Gasteiger charge is -2.30. The van der Waals surface area contributed by atoms with Gasteiger partial charge in [0.1, 0.15) is 0 Å². The van der Waals surface area contributed by atoms with Crippen molar-refractivity contribution >= 4 is 27.3 Å². The van der Waals surface area contributed by atoms with E-state index in [1.807, 2.05) is 18.2 Å². The van der Waals surface area contributed by atoms with Gasteiger partial charge in [0.25, 0.3) is 5.91 Å². The fourth-order valence-corrected chi connectivity index (χ4v) is 4.17. The summed E-state index contributed by atoms with van der Waals surface area (Å²) in [5.41, 5.74) is 8.83. The largest absolute Gasteiger partial charge is 0.398 e.